The molecule has 0 saturated carbocycles. The molecule has 14 heavy (non-hydrogen) atoms. The Morgan fingerprint density at radius 1 is 1.50 bits per heavy atom. The molecule has 0 heterocycles. The van der Waals surface area contributed by atoms with Crippen molar-refractivity contribution in [3.8, 4) is 0 Å². The average Bonchev–Trinajstić information content (AvgIpc) is 2.19. The molecule has 0 radical (unpaired) electrons. The van der Waals surface area contributed by atoms with E-state index in [-0.39, 0.29) is 11.9 Å². The van der Waals surface area contributed by atoms with Gasteiger partial charge in [0.2, 0.25) is 0 Å². The zero-order valence-corrected chi connectivity index (χ0v) is 8.55. The van der Waals surface area contributed by atoms with Crippen molar-refractivity contribution < 1.29 is 9.50 Å². The Balaban J connectivity index is 2.62. The second-order valence-corrected chi connectivity index (χ2v) is 3.40. The fourth-order valence-electron chi connectivity index (χ4n) is 1.16. The van der Waals surface area contributed by atoms with Gasteiger partial charge in [0.1, 0.15) is 5.82 Å². The molecule has 1 aromatic rings. The summed E-state index contributed by atoms with van der Waals surface area (Å²) in [6.45, 7) is 4.27. The van der Waals surface area contributed by atoms with E-state index in [1.807, 2.05) is 13.8 Å². The molecule has 3 heteroatoms. The van der Waals surface area contributed by atoms with Gasteiger partial charge >= 0.3 is 0 Å². The van der Waals surface area contributed by atoms with Crippen LogP contribution in [-0.2, 0) is 0 Å². The predicted octanol–water partition coefficient (Wildman–Crippen LogP) is 2.32. The third-order valence-electron chi connectivity index (χ3n) is 2.20. The second kappa shape index (κ2) is 4.96. The molecule has 0 aromatic heterocycles. The van der Waals surface area contributed by atoms with E-state index in [2.05, 4.69) is 5.32 Å². The van der Waals surface area contributed by atoms with Crippen LogP contribution in [0, 0.1) is 12.7 Å². The molecule has 0 amide bonds. The number of anilines is 1. The maximum Gasteiger partial charge on any atom is 0.125 e. The first-order valence-electron chi connectivity index (χ1n) is 4.81. The first-order valence-corrected chi connectivity index (χ1v) is 4.81. The Morgan fingerprint density at radius 3 is 2.86 bits per heavy atom. The van der Waals surface area contributed by atoms with Gasteiger partial charge in [-0.3, -0.25) is 0 Å². The van der Waals surface area contributed by atoms with Gasteiger partial charge in [0.15, 0.2) is 0 Å². The highest BCUT2D eigenvalue weighted by atomic mass is 19.1. The van der Waals surface area contributed by atoms with Crippen molar-refractivity contribution in [1.82, 2.24) is 0 Å². The molecule has 0 saturated heterocycles. The fraction of sp³-hybridized carbons (Fsp3) is 0.455. The summed E-state index contributed by atoms with van der Waals surface area (Å²) < 4.78 is 12.9. The minimum absolute atomic E-state index is 0.260. The summed E-state index contributed by atoms with van der Waals surface area (Å²) >= 11 is 0. The van der Waals surface area contributed by atoms with Crippen molar-refractivity contribution in [2.75, 3.05) is 11.9 Å². The van der Waals surface area contributed by atoms with Crippen LogP contribution in [-0.4, -0.2) is 17.8 Å². The first-order chi connectivity index (χ1) is 6.63. The van der Waals surface area contributed by atoms with Crippen molar-refractivity contribution in [1.29, 1.82) is 0 Å². The Kier molecular flexibility index (Phi) is 3.89. The number of benzene rings is 1. The zero-order valence-electron chi connectivity index (χ0n) is 8.55. The first kappa shape index (κ1) is 11.0. The Bertz CT molecular complexity index is 301. The van der Waals surface area contributed by atoms with Gasteiger partial charge in [-0.2, -0.15) is 0 Å². The molecule has 2 nitrogen and oxygen atoms in total. The summed E-state index contributed by atoms with van der Waals surface area (Å²) in [5.41, 5.74) is 1.73. The van der Waals surface area contributed by atoms with E-state index < -0.39 is 0 Å². The topological polar surface area (TPSA) is 32.3 Å². The van der Waals surface area contributed by atoms with Crippen molar-refractivity contribution in [3.05, 3.63) is 29.6 Å². The van der Waals surface area contributed by atoms with Gasteiger partial charge in [-0.15, -0.1) is 0 Å². The summed E-state index contributed by atoms with van der Waals surface area (Å²) in [6, 6.07) is 4.59. The van der Waals surface area contributed by atoms with E-state index in [4.69, 9.17) is 0 Å². The number of hydrogen-bond acceptors (Lipinski definition) is 2. The fourth-order valence-corrected chi connectivity index (χ4v) is 1.16. The lowest BCUT2D eigenvalue weighted by atomic mass is 10.2. The normalized spacial score (nSPS) is 12.6. The largest absolute Gasteiger partial charge is 0.391 e. The van der Waals surface area contributed by atoms with Gasteiger partial charge < -0.3 is 10.4 Å². The molecule has 0 aliphatic carbocycles. The van der Waals surface area contributed by atoms with Crippen LogP contribution in [0.25, 0.3) is 0 Å². The summed E-state index contributed by atoms with van der Waals surface area (Å²) in [5.74, 6) is -0.260. The van der Waals surface area contributed by atoms with Gasteiger partial charge in [-0.1, -0.05) is 13.0 Å². The third-order valence-corrected chi connectivity index (χ3v) is 2.20. The van der Waals surface area contributed by atoms with Crippen LogP contribution in [0.3, 0.4) is 0 Å². The molecule has 1 rings (SSSR count). The van der Waals surface area contributed by atoms with Crippen molar-refractivity contribution >= 4 is 5.69 Å². The standard InChI is InChI=1S/C11H16FNO/c1-3-10(14)7-13-11-6-9(12)5-4-8(11)2/h4-6,10,13-14H,3,7H2,1-2H3. The molecule has 0 aliphatic rings. The number of nitrogens with one attached hydrogen (secondary N) is 1. The number of aliphatic hydroxyl groups is 1. The van der Waals surface area contributed by atoms with Gasteiger partial charge in [0.25, 0.3) is 0 Å². The van der Waals surface area contributed by atoms with Crippen LogP contribution >= 0.6 is 0 Å². The van der Waals surface area contributed by atoms with E-state index >= 15 is 0 Å². The van der Waals surface area contributed by atoms with Crippen molar-refractivity contribution in [2.24, 2.45) is 0 Å². The van der Waals surface area contributed by atoms with Gasteiger partial charge in [-0.05, 0) is 31.0 Å². The summed E-state index contributed by atoms with van der Waals surface area (Å²) in [4.78, 5) is 0. The zero-order chi connectivity index (χ0) is 10.6. The minimum Gasteiger partial charge on any atom is -0.391 e. The van der Waals surface area contributed by atoms with E-state index in [0.29, 0.717) is 13.0 Å². The summed E-state index contributed by atoms with van der Waals surface area (Å²) in [5, 5.41) is 12.3. The Morgan fingerprint density at radius 2 is 2.21 bits per heavy atom. The van der Waals surface area contributed by atoms with Crippen LogP contribution in [0.1, 0.15) is 18.9 Å². The highest BCUT2D eigenvalue weighted by Gasteiger charge is 2.03. The molecule has 1 aromatic carbocycles. The number of aryl methyl sites for hydroxylation is 1. The maximum atomic E-state index is 12.9. The van der Waals surface area contributed by atoms with E-state index in [1.165, 1.54) is 12.1 Å². The molecule has 0 spiro atoms. The summed E-state index contributed by atoms with van der Waals surface area (Å²) in [7, 11) is 0. The molecule has 78 valence electrons. The summed E-state index contributed by atoms with van der Waals surface area (Å²) in [6.07, 6.45) is 0.319. The molecule has 0 fully saturated rings. The number of rotatable bonds is 4. The maximum absolute atomic E-state index is 12.9. The minimum atomic E-state index is -0.377. The van der Waals surface area contributed by atoms with Crippen LogP contribution in [0.4, 0.5) is 10.1 Å². The van der Waals surface area contributed by atoms with Crippen LogP contribution < -0.4 is 5.32 Å². The SMILES string of the molecule is CCC(O)CNc1cc(F)ccc1C. The highest BCUT2D eigenvalue weighted by molar-refractivity contribution is 5.50. The molecule has 1 atom stereocenters. The predicted molar refractivity (Wildman–Crippen MR) is 55.9 cm³/mol. The number of aliphatic hydroxyl groups excluding tert-OH is 1. The van der Waals surface area contributed by atoms with Crippen molar-refractivity contribution in [3.63, 3.8) is 0 Å². The monoisotopic (exact) mass is 197 g/mol. The van der Waals surface area contributed by atoms with Gasteiger partial charge in [-0.25, -0.2) is 4.39 Å². The lowest BCUT2D eigenvalue weighted by Crippen LogP contribution is -2.18. The van der Waals surface area contributed by atoms with Gasteiger partial charge in [0.05, 0.1) is 6.10 Å². The smallest absolute Gasteiger partial charge is 0.125 e. The molecular weight excluding hydrogens is 181 g/mol. The average molecular weight is 197 g/mol. The molecule has 0 bridgehead atoms. The molecular formula is C11H16FNO. The molecule has 0 aliphatic heterocycles. The third kappa shape index (κ3) is 3.00. The van der Waals surface area contributed by atoms with Gasteiger partial charge in [0, 0.05) is 12.2 Å². The number of hydrogen-bond donors (Lipinski definition) is 2. The molecule has 1 unspecified atom stereocenters. The highest BCUT2D eigenvalue weighted by Crippen LogP contribution is 2.15. The number of halogens is 1. The van der Waals surface area contributed by atoms with E-state index in [9.17, 15) is 9.50 Å². The van der Waals surface area contributed by atoms with E-state index in [1.54, 1.807) is 6.07 Å². The second-order valence-electron chi connectivity index (χ2n) is 3.40. The van der Waals surface area contributed by atoms with Crippen molar-refractivity contribution in [2.45, 2.75) is 26.4 Å². The van der Waals surface area contributed by atoms with Crippen LogP contribution in [0.2, 0.25) is 0 Å². The lowest BCUT2D eigenvalue weighted by molar-refractivity contribution is 0.183. The quantitative estimate of drug-likeness (QED) is 0.776. The lowest BCUT2D eigenvalue weighted by Gasteiger charge is -2.12. The van der Waals surface area contributed by atoms with Crippen LogP contribution in [0.15, 0.2) is 18.2 Å². The molecule has 2 N–H and O–H groups in total. The Labute approximate surface area is 83.8 Å². The van der Waals surface area contributed by atoms with E-state index in [0.717, 1.165) is 11.3 Å². The van der Waals surface area contributed by atoms with Crippen LogP contribution in [0.5, 0.6) is 0 Å². The Hall–Kier alpha value is -1.09.